The van der Waals surface area contributed by atoms with E-state index in [1.165, 1.54) is 11.8 Å². The normalized spacial score (nSPS) is 12.6. The fourth-order valence-corrected chi connectivity index (χ4v) is 5.47. The number of fused-ring (bicyclic) bond motifs is 1. The van der Waals surface area contributed by atoms with Crippen molar-refractivity contribution in [3.05, 3.63) is 105 Å². The number of thioether (sulfide) groups is 1. The fourth-order valence-electron chi connectivity index (χ4n) is 4.38. The van der Waals surface area contributed by atoms with Crippen LogP contribution in [0.3, 0.4) is 0 Å². The Morgan fingerprint density at radius 3 is 2.22 bits per heavy atom. The third-order valence-corrected chi connectivity index (χ3v) is 7.59. The molecule has 0 unspecified atom stereocenters. The molecule has 2 heterocycles. The number of ether oxygens (including phenoxy) is 2. The Balaban J connectivity index is 1.48. The number of amides is 2. The number of hydrogen-bond acceptors (Lipinski definition) is 7. The number of nitrogens with one attached hydrogen (secondary N) is 1. The number of halogens is 2. The highest BCUT2D eigenvalue weighted by Gasteiger charge is 2.32. The zero-order valence-electron chi connectivity index (χ0n) is 22.3. The number of aromatic nitrogens is 2. The Bertz CT molecular complexity index is 1550. The second kappa shape index (κ2) is 12.8. The van der Waals surface area contributed by atoms with E-state index in [-0.39, 0.29) is 25.0 Å². The number of anilines is 1. The minimum absolute atomic E-state index is 0.0257. The van der Waals surface area contributed by atoms with E-state index in [0.717, 1.165) is 17.0 Å². The van der Waals surface area contributed by atoms with Crippen molar-refractivity contribution in [2.45, 2.75) is 31.6 Å². The molecular formula is C30H26Cl2N4O4S. The lowest BCUT2D eigenvalue weighted by Crippen LogP contribution is -2.41. The van der Waals surface area contributed by atoms with Crippen LogP contribution < -0.4 is 14.8 Å². The van der Waals surface area contributed by atoms with Gasteiger partial charge in [-0.1, -0.05) is 59.2 Å². The molecule has 4 aromatic rings. The molecule has 0 saturated carbocycles. The number of hydrogen-bond donors (Lipinski definition) is 1. The number of nitrogens with zero attached hydrogens (tertiary/aromatic N) is 3. The topological polar surface area (TPSA) is 93.7 Å². The summed E-state index contributed by atoms with van der Waals surface area (Å²) in [5.74, 6) is 0.486. The van der Waals surface area contributed by atoms with Crippen molar-refractivity contribution in [3.8, 4) is 11.5 Å². The Kier molecular flexibility index (Phi) is 8.97. The van der Waals surface area contributed by atoms with Crippen molar-refractivity contribution >= 4 is 52.5 Å². The standard InChI is InChI=1S/C30H26Cl2N4O4S/c1-18-13-19(2)34-30(33-18)41-16-27(37)36(15-20-3-7-22(31)8-4-20)28(21-5-9-23(32)10-6-21)29(38)35-24-11-12-25-26(14-24)40-17-39-25/h3-14,28H,15-17H2,1-2H3,(H,35,38)/t28-/m1/s1. The first kappa shape index (κ1) is 28.7. The van der Waals surface area contributed by atoms with Gasteiger partial charge in [-0.3, -0.25) is 9.59 Å². The van der Waals surface area contributed by atoms with Crippen LogP contribution in [0.4, 0.5) is 5.69 Å². The molecule has 0 fully saturated rings. The van der Waals surface area contributed by atoms with Gasteiger partial charge in [-0.15, -0.1) is 0 Å². The molecule has 1 atom stereocenters. The molecule has 1 aromatic heterocycles. The number of aryl methyl sites for hydroxylation is 2. The van der Waals surface area contributed by atoms with Crippen LogP contribution in [0, 0.1) is 13.8 Å². The maximum Gasteiger partial charge on any atom is 0.251 e. The van der Waals surface area contributed by atoms with E-state index in [1.54, 1.807) is 59.5 Å². The van der Waals surface area contributed by atoms with Crippen LogP contribution in [-0.2, 0) is 16.1 Å². The Morgan fingerprint density at radius 1 is 0.902 bits per heavy atom. The summed E-state index contributed by atoms with van der Waals surface area (Å²) < 4.78 is 10.9. The van der Waals surface area contributed by atoms with Crippen molar-refractivity contribution in [1.82, 2.24) is 14.9 Å². The summed E-state index contributed by atoms with van der Waals surface area (Å²) in [6.07, 6.45) is 0. The largest absolute Gasteiger partial charge is 0.454 e. The van der Waals surface area contributed by atoms with E-state index in [0.29, 0.717) is 38.0 Å². The molecule has 1 aliphatic heterocycles. The molecular weight excluding hydrogens is 583 g/mol. The molecule has 41 heavy (non-hydrogen) atoms. The number of carbonyl (C=O) groups is 2. The van der Waals surface area contributed by atoms with Gasteiger partial charge in [-0.05, 0) is 67.4 Å². The molecule has 5 rings (SSSR count). The lowest BCUT2D eigenvalue weighted by Gasteiger charge is -2.31. The number of carbonyl (C=O) groups excluding carboxylic acids is 2. The van der Waals surface area contributed by atoms with Gasteiger partial charge in [-0.25, -0.2) is 9.97 Å². The molecule has 0 saturated heterocycles. The fraction of sp³-hybridized carbons (Fsp3) is 0.200. The van der Waals surface area contributed by atoms with Crippen LogP contribution in [0.5, 0.6) is 11.5 Å². The second-order valence-corrected chi connectivity index (χ2v) is 11.2. The molecule has 0 aliphatic carbocycles. The lowest BCUT2D eigenvalue weighted by molar-refractivity contribution is -0.137. The van der Waals surface area contributed by atoms with E-state index in [1.807, 2.05) is 32.0 Å². The van der Waals surface area contributed by atoms with Gasteiger partial charge in [0.15, 0.2) is 16.7 Å². The SMILES string of the molecule is Cc1cc(C)nc(SCC(=O)N(Cc2ccc(Cl)cc2)[C@@H](C(=O)Nc2ccc3c(c2)OCO3)c2ccc(Cl)cc2)n1. The predicted octanol–water partition coefficient (Wildman–Crippen LogP) is 6.63. The van der Waals surface area contributed by atoms with Crippen molar-refractivity contribution in [2.24, 2.45) is 0 Å². The highest BCUT2D eigenvalue weighted by molar-refractivity contribution is 7.99. The lowest BCUT2D eigenvalue weighted by atomic mass is 10.0. The van der Waals surface area contributed by atoms with Crippen molar-refractivity contribution < 1.29 is 19.1 Å². The van der Waals surface area contributed by atoms with Crippen molar-refractivity contribution in [2.75, 3.05) is 17.9 Å². The zero-order valence-corrected chi connectivity index (χ0v) is 24.6. The summed E-state index contributed by atoms with van der Waals surface area (Å²) in [6, 6.07) is 20.1. The summed E-state index contributed by atoms with van der Waals surface area (Å²) >= 11 is 13.5. The van der Waals surface area contributed by atoms with Crippen LogP contribution in [0.2, 0.25) is 10.0 Å². The van der Waals surface area contributed by atoms with E-state index in [9.17, 15) is 9.59 Å². The maximum absolute atomic E-state index is 14.0. The molecule has 2 amide bonds. The highest BCUT2D eigenvalue weighted by atomic mass is 35.5. The van der Waals surface area contributed by atoms with Gasteiger partial charge in [-0.2, -0.15) is 0 Å². The summed E-state index contributed by atoms with van der Waals surface area (Å²) in [4.78, 5) is 38.3. The Hall–Kier alpha value is -3.79. The van der Waals surface area contributed by atoms with Gasteiger partial charge in [0.05, 0.1) is 5.75 Å². The first-order valence-corrected chi connectivity index (χ1v) is 14.4. The Morgan fingerprint density at radius 2 is 1.54 bits per heavy atom. The first-order chi connectivity index (χ1) is 19.7. The average molecular weight is 610 g/mol. The van der Waals surface area contributed by atoms with Gasteiger partial charge < -0.3 is 19.7 Å². The van der Waals surface area contributed by atoms with Crippen LogP contribution in [0.15, 0.2) is 78.0 Å². The highest BCUT2D eigenvalue weighted by Crippen LogP contribution is 2.35. The molecule has 11 heteroatoms. The molecule has 1 N–H and O–H groups in total. The van der Waals surface area contributed by atoms with Gasteiger partial charge in [0.25, 0.3) is 5.91 Å². The van der Waals surface area contributed by atoms with E-state index in [2.05, 4.69) is 15.3 Å². The monoisotopic (exact) mass is 608 g/mol. The average Bonchev–Trinajstić information content (AvgIpc) is 3.41. The minimum atomic E-state index is -0.985. The van der Waals surface area contributed by atoms with Gasteiger partial charge in [0.2, 0.25) is 12.7 Å². The minimum Gasteiger partial charge on any atom is -0.454 e. The van der Waals surface area contributed by atoms with Crippen molar-refractivity contribution in [3.63, 3.8) is 0 Å². The summed E-state index contributed by atoms with van der Waals surface area (Å²) in [6.45, 7) is 4.03. The van der Waals surface area contributed by atoms with Gasteiger partial charge in [0, 0.05) is 39.7 Å². The van der Waals surface area contributed by atoms with Gasteiger partial charge in [0.1, 0.15) is 6.04 Å². The molecule has 1 aliphatic rings. The summed E-state index contributed by atoms with van der Waals surface area (Å²) in [5.41, 5.74) is 3.54. The maximum atomic E-state index is 14.0. The molecule has 3 aromatic carbocycles. The summed E-state index contributed by atoms with van der Waals surface area (Å²) in [7, 11) is 0. The molecule has 0 radical (unpaired) electrons. The van der Waals surface area contributed by atoms with Crippen LogP contribution in [0.25, 0.3) is 0 Å². The van der Waals surface area contributed by atoms with Gasteiger partial charge >= 0.3 is 0 Å². The number of benzene rings is 3. The zero-order chi connectivity index (χ0) is 28.9. The predicted molar refractivity (Wildman–Crippen MR) is 160 cm³/mol. The van der Waals surface area contributed by atoms with E-state index < -0.39 is 11.9 Å². The van der Waals surface area contributed by atoms with E-state index in [4.69, 9.17) is 32.7 Å². The molecule has 8 nitrogen and oxygen atoms in total. The Labute approximate surface area is 252 Å². The molecule has 210 valence electrons. The third kappa shape index (κ3) is 7.30. The molecule has 0 bridgehead atoms. The van der Waals surface area contributed by atoms with Crippen LogP contribution >= 0.6 is 35.0 Å². The van der Waals surface area contributed by atoms with Crippen LogP contribution in [-0.4, -0.2) is 39.2 Å². The number of rotatable bonds is 9. The van der Waals surface area contributed by atoms with Crippen LogP contribution in [0.1, 0.15) is 28.6 Å². The van der Waals surface area contributed by atoms with E-state index >= 15 is 0 Å². The smallest absolute Gasteiger partial charge is 0.251 e. The third-order valence-electron chi connectivity index (χ3n) is 6.26. The van der Waals surface area contributed by atoms with Crippen molar-refractivity contribution in [1.29, 1.82) is 0 Å². The molecule has 0 spiro atoms. The second-order valence-electron chi connectivity index (χ2n) is 9.38. The quantitative estimate of drug-likeness (QED) is 0.168. The summed E-state index contributed by atoms with van der Waals surface area (Å²) in [5, 5.41) is 4.53. The first-order valence-electron chi connectivity index (χ1n) is 12.7.